The third-order valence-electron chi connectivity index (χ3n) is 2.07. The summed E-state index contributed by atoms with van der Waals surface area (Å²) >= 11 is 5.65. The van der Waals surface area contributed by atoms with E-state index in [0.29, 0.717) is 17.0 Å². The van der Waals surface area contributed by atoms with E-state index in [9.17, 15) is 4.39 Å². The minimum Gasteiger partial charge on any atom is -0.440 e. The molecule has 0 atom stereocenters. The summed E-state index contributed by atoms with van der Waals surface area (Å²) in [5.74, 6) is 0.108. The minimum atomic E-state index is -0.474. The van der Waals surface area contributed by atoms with Crippen LogP contribution in [0.2, 0.25) is 5.02 Å². The van der Waals surface area contributed by atoms with E-state index in [0.717, 1.165) is 0 Å². The first-order chi connectivity index (χ1) is 6.88. The van der Waals surface area contributed by atoms with Crippen LogP contribution in [0.15, 0.2) is 16.5 Å². The number of benzene rings is 1. The molecule has 0 bridgehead atoms. The molecule has 0 spiro atoms. The number of hydrogen-bond acceptors (Lipinski definition) is 2. The molecule has 2 rings (SSSR count). The highest BCUT2D eigenvalue weighted by Gasteiger charge is 2.21. The van der Waals surface area contributed by atoms with Gasteiger partial charge in [0.2, 0.25) is 5.89 Å². The van der Waals surface area contributed by atoms with E-state index in [4.69, 9.17) is 16.0 Å². The molecule has 0 N–H and O–H groups in total. The summed E-state index contributed by atoms with van der Waals surface area (Å²) in [6.45, 7) is 5.95. The summed E-state index contributed by atoms with van der Waals surface area (Å²) in [6, 6.07) is 2.74. The van der Waals surface area contributed by atoms with Gasteiger partial charge in [0.1, 0.15) is 11.3 Å². The third-order valence-corrected chi connectivity index (χ3v) is 2.36. The van der Waals surface area contributed by atoms with E-state index in [2.05, 4.69) is 4.98 Å². The smallest absolute Gasteiger partial charge is 0.200 e. The van der Waals surface area contributed by atoms with Gasteiger partial charge in [0.25, 0.3) is 0 Å². The maximum Gasteiger partial charge on any atom is 0.200 e. The first-order valence-corrected chi connectivity index (χ1v) is 5.02. The normalized spacial score (nSPS) is 12.3. The van der Waals surface area contributed by atoms with Crippen LogP contribution in [0.1, 0.15) is 26.7 Å². The van der Waals surface area contributed by atoms with Gasteiger partial charge in [0.15, 0.2) is 5.58 Å². The Morgan fingerprint density at radius 3 is 2.60 bits per heavy atom. The van der Waals surface area contributed by atoms with Crippen molar-refractivity contribution in [3.63, 3.8) is 0 Å². The molecule has 1 aromatic heterocycles. The van der Waals surface area contributed by atoms with E-state index >= 15 is 0 Å². The lowest BCUT2D eigenvalue weighted by atomic mass is 9.97. The summed E-state index contributed by atoms with van der Waals surface area (Å²) in [6.07, 6.45) is 0. The van der Waals surface area contributed by atoms with Crippen molar-refractivity contribution in [3.05, 3.63) is 28.9 Å². The fourth-order valence-electron chi connectivity index (χ4n) is 1.24. The number of oxazole rings is 1. The van der Waals surface area contributed by atoms with Crippen molar-refractivity contribution in [2.45, 2.75) is 26.2 Å². The van der Waals surface area contributed by atoms with Gasteiger partial charge in [0.05, 0.1) is 5.02 Å². The Kier molecular flexibility index (Phi) is 2.23. The molecule has 4 heteroatoms. The quantitative estimate of drug-likeness (QED) is 0.682. The number of hydrogen-bond donors (Lipinski definition) is 0. The van der Waals surface area contributed by atoms with Crippen molar-refractivity contribution in [2.24, 2.45) is 0 Å². The SMILES string of the molecule is CC(C)(C)c1nc2cc(F)c(Cl)cc2o1. The van der Waals surface area contributed by atoms with Crippen LogP contribution in [0.3, 0.4) is 0 Å². The monoisotopic (exact) mass is 227 g/mol. The van der Waals surface area contributed by atoms with Gasteiger partial charge in [-0.2, -0.15) is 0 Å². The van der Waals surface area contributed by atoms with E-state index in [1.165, 1.54) is 12.1 Å². The lowest BCUT2D eigenvalue weighted by Crippen LogP contribution is -2.10. The van der Waals surface area contributed by atoms with Crippen molar-refractivity contribution >= 4 is 22.7 Å². The maximum absolute atomic E-state index is 13.1. The van der Waals surface area contributed by atoms with Gasteiger partial charge < -0.3 is 4.42 Å². The number of fused-ring (bicyclic) bond motifs is 1. The van der Waals surface area contributed by atoms with Gasteiger partial charge >= 0.3 is 0 Å². The van der Waals surface area contributed by atoms with Crippen molar-refractivity contribution in [1.29, 1.82) is 0 Å². The predicted molar refractivity (Wildman–Crippen MR) is 57.7 cm³/mol. The summed E-state index contributed by atoms with van der Waals surface area (Å²) < 4.78 is 18.6. The zero-order valence-corrected chi connectivity index (χ0v) is 9.52. The Morgan fingerprint density at radius 1 is 1.33 bits per heavy atom. The standard InChI is InChI=1S/C11H11ClFNO/c1-11(2,3)10-14-8-5-7(13)6(12)4-9(8)15-10/h4-5H,1-3H3. The van der Waals surface area contributed by atoms with Gasteiger partial charge in [-0.05, 0) is 0 Å². The number of halogens is 2. The molecule has 80 valence electrons. The Labute approximate surface area is 92.1 Å². The van der Waals surface area contributed by atoms with Crippen LogP contribution in [-0.4, -0.2) is 4.98 Å². The third kappa shape index (κ3) is 1.84. The average Bonchev–Trinajstić information content (AvgIpc) is 2.47. The molecule has 0 saturated heterocycles. The molecule has 0 unspecified atom stereocenters. The van der Waals surface area contributed by atoms with Crippen LogP contribution in [0.25, 0.3) is 11.1 Å². The second-order valence-corrected chi connectivity index (χ2v) is 4.91. The zero-order valence-electron chi connectivity index (χ0n) is 8.77. The van der Waals surface area contributed by atoms with Crippen LogP contribution >= 0.6 is 11.6 Å². The van der Waals surface area contributed by atoms with Gasteiger partial charge in [-0.3, -0.25) is 0 Å². The van der Waals surface area contributed by atoms with E-state index in [1.54, 1.807) is 0 Å². The first-order valence-electron chi connectivity index (χ1n) is 4.64. The van der Waals surface area contributed by atoms with Crippen LogP contribution in [-0.2, 0) is 5.41 Å². The second-order valence-electron chi connectivity index (χ2n) is 4.50. The first kappa shape index (κ1) is 10.4. The Bertz CT molecular complexity index is 474. The molecule has 0 aliphatic carbocycles. The molecule has 0 radical (unpaired) electrons. The van der Waals surface area contributed by atoms with Gasteiger partial charge in [0, 0.05) is 17.5 Å². The van der Waals surface area contributed by atoms with E-state index in [-0.39, 0.29) is 10.4 Å². The predicted octanol–water partition coefficient (Wildman–Crippen LogP) is 3.92. The summed E-state index contributed by atoms with van der Waals surface area (Å²) in [5.41, 5.74) is 0.829. The summed E-state index contributed by atoms with van der Waals surface area (Å²) in [5, 5.41) is 0.0547. The van der Waals surface area contributed by atoms with Crippen molar-refractivity contribution in [1.82, 2.24) is 4.98 Å². The highest BCUT2D eigenvalue weighted by molar-refractivity contribution is 6.31. The fraction of sp³-hybridized carbons (Fsp3) is 0.364. The molecular formula is C11H11ClFNO. The molecule has 0 amide bonds. The van der Waals surface area contributed by atoms with Gasteiger partial charge in [-0.15, -0.1) is 0 Å². The van der Waals surface area contributed by atoms with Crippen LogP contribution in [0.5, 0.6) is 0 Å². The van der Waals surface area contributed by atoms with Crippen molar-refractivity contribution in [3.8, 4) is 0 Å². The average molecular weight is 228 g/mol. The van der Waals surface area contributed by atoms with Crippen LogP contribution < -0.4 is 0 Å². The highest BCUT2D eigenvalue weighted by Crippen LogP contribution is 2.28. The molecule has 0 fully saturated rings. The van der Waals surface area contributed by atoms with Crippen LogP contribution in [0.4, 0.5) is 4.39 Å². The fourth-order valence-corrected chi connectivity index (χ4v) is 1.40. The van der Waals surface area contributed by atoms with Crippen LogP contribution in [0, 0.1) is 5.82 Å². The lowest BCUT2D eigenvalue weighted by molar-refractivity contribution is 0.411. The highest BCUT2D eigenvalue weighted by atomic mass is 35.5. The topological polar surface area (TPSA) is 26.0 Å². The van der Waals surface area contributed by atoms with Gasteiger partial charge in [-0.1, -0.05) is 32.4 Å². The molecule has 2 aromatic rings. The number of aromatic nitrogens is 1. The lowest BCUT2D eigenvalue weighted by Gasteiger charge is -2.11. The number of rotatable bonds is 0. The molecule has 1 aromatic carbocycles. The van der Waals surface area contributed by atoms with E-state index < -0.39 is 5.82 Å². The molecular weight excluding hydrogens is 217 g/mol. The minimum absolute atomic E-state index is 0.0547. The van der Waals surface area contributed by atoms with Crippen molar-refractivity contribution in [2.75, 3.05) is 0 Å². The molecule has 0 aliphatic rings. The number of nitrogens with zero attached hydrogens (tertiary/aromatic N) is 1. The molecule has 1 heterocycles. The molecule has 0 saturated carbocycles. The summed E-state index contributed by atoms with van der Waals surface area (Å²) in [4.78, 5) is 4.22. The summed E-state index contributed by atoms with van der Waals surface area (Å²) in [7, 11) is 0. The maximum atomic E-state index is 13.1. The van der Waals surface area contributed by atoms with Gasteiger partial charge in [-0.25, -0.2) is 9.37 Å². The Morgan fingerprint density at radius 2 is 2.00 bits per heavy atom. The Hall–Kier alpha value is -1.09. The van der Waals surface area contributed by atoms with Crippen molar-refractivity contribution < 1.29 is 8.81 Å². The largest absolute Gasteiger partial charge is 0.440 e. The zero-order chi connectivity index (χ0) is 11.2. The Balaban J connectivity index is 2.66. The molecule has 2 nitrogen and oxygen atoms in total. The second kappa shape index (κ2) is 3.20. The molecule has 0 aliphatic heterocycles. The molecule has 15 heavy (non-hydrogen) atoms. The van der Waals surface area contributed by atoms with E-state index in [1.807, 2.05) is 20.8 Å².